The van der Waals surface area contributed by atoms with E-state index in [-0.39, 0.29) is 12.1 Å². The molecule has 3 nitrogen and oxygen atoms in total. The Balaban J connectivity index is 1.98. The third-order valence-corrected chi connectivity index (χ3v) is 3.70. The van der Waals surface area contributed by atoms with Gasteiger partial charge < -0.3 is 15.3 Å². The van der Waals surface area contributed by atoms with Gasteiger partial charge >= 0.3 is 0 Å². The van der Waals surface area contributed by atoms with Gasteiger partial charge in [0.25, 0.3) is 0 Å². The molecule has 0 aromatic heterocycles. The Bertz CT molecular complexity index is 331. The lowest BCUT2D eigenvalue weighted by Gasteiger charge is -2.42. The van der Waals surface area contributed by atoms with Crippen LogP contribution in [0.3, 0.4) is 0 Å². The second-order valence-electron chi connectivity index (χ2n) is 4.79. The average Bonchev–Trinajstić information content (AvgIpc) is 2.41. The van der Waals surface area contributed by atoms with Gasteiger partial charge in [-0.3, -0.25) is 0 Å². The van der Waals surface area contributed by atoms with E-state index in [2.05, 4.69) is 41.4 Å². The Morgan fingerprint density at radius 3 is 2.41 bits per heavy atom. The number of hydrogen-bond acceptors (Lipinski definition) is 3. The zero-order valence-corrected chi connectivity index (χ0v) is 10.5. The zero-order chi connectivity index (χ0) is 12.1. The van der Waals surface area contributed by atoms with Crippen molar-refractivity contribution in [3.8, 4) is 0 Å². The highest BCUT2D eigenvalue weighted by atomic mass is 16.3. The van der Waals surface area contributed by atoms with Crippen LogP contribution in [-0.4, -0.2) is 36.9 Å². The van der Waals surface area contributed by atoms with Crippen molar-refractivity contribution in [2.45, 2.75) is 25.3 Å². The molecule has 94 valence electrons. The third kappa shape index (κ3) is 2.79. The Labute approximate surface area is 103 Å². The van der Waals surface area contributed by atoms with Gasteiger partial charge in [-0.15, -0.1) is 0 Å². The van der Waals surface area contributed by atoms with E-state index in [1.54, 1.807) is 0 Å². The van der Waals surface area contributed by atoms with Crippen molar-refractivity contribution in [3.05, 3.63) is 30.3 Å². The number of anilines is 1. The molecule has 1 aliphatic rings. The summed E-state index contributed by atoms with van der Waals surface area (Å²) in [5.74, 6) is 0. The van der Waals surface area contributed by atoms with E-state index in [0.717, 1.165) is 32.5 Å². The van der Waals surface area contributed by atoms with E-state index < -0.39 is 0 Å². The molecule has 0 atom stereocenters. The standard InChI is InChI=1S/C14H22N2O/c1-2-15-14(12-17)8-10-16(11-9-14)13-6-4-3-5-7-13/h3-7,15,17H,2,8-12H2,1H3. The van der Waals surface area contributed by atoms with Crippen LogP contribution in [0.2, 0.25) is 0 Å². The molecular formula is C14H22N2O. The first-order valence-corrected chi connectivity index (χ1v) is 6.45. The van der Waals surface area contributed by atoms with Crippen molar-refractivity contribution in [1.82, 2.24) is 5.32 Å². The van der Waals surface area contributed by atoms with Crippen molar-refractivity contribution in [1.29, 1.82) is 0 Å². The molecule has 1 aromatic rings. The van der Waals surface area contributed by atoms with Crippen molar-refractivity contribution >= 4 is 5.69 Å². The first kappa shape index (κ1) is 12.4. The second-order valence-corrected chi connectivity index (χ2v) is 4.79. The maximum atomic E-state index is 9.55. The average molecular weight is 234 g/mol. The highest BCUT2D eigenvalue weighted by molar-refractivity contribution is 5.46. The van der Waals surface area contributed by atoms with Gasteiger partial charge in [-0.1, -0.05) is 25.1 Å². The number of nitrogens with zero attached hydrogens (tertiary/aromatic N) is 1. The number of benzene rings is 1. The fourth-order valence-corrected chi connectivity index (χ4v) is 2.60. The quantitative estimate of drug-likeness (QED) is 0.831. The van der Waals surface area contributed by atoms with E-state index >= 15 is 0 Å². The molecule has 3 heteroatoms. The summed E-state index contributed by atoms with van der Waals surface area (Å²) in [6.07, 6.45) is 2.01. The van der Waals surface area contributed by atoms with Gasteiger partial charge in [-0.2, -0.15) is 0 Å². The van der Waals surface area contributed by atoms with E-state index in [1.165, 1.54) is 5.69 Å². The predicted octanol–water partition coefficient (Wildman–Crippen LogP) is 1.63. The number of nitrogens with one attached hydrogen (secondary N) is 1. The molecule has 1 aliphatic heterocycles. The topological polar surface area (TPSA) is 35.5 Å². The summed E-state index contributed by atoms with van der Waals surface area (Å²) in [6, 6.07) is 10.5. The molecule has 0 bridgehead atoms. The number of aliphatic hydroxyl groups is 1. The molecule has 1 fully saturated rings. The summed E-state index contributed by atoms with van der Waals surface area (Å²) < 4.78 is 0. The van der Waals surface area contributed by atoms with Gasteiger partial charge in [-0.25, -0.2) is 0 Å². The molecule has 2 rings (SSSR count). The maximum absolute atomic E-state index is 9.55. The summed E-state index contributed by atoms with van der Waals surface area (Å²) in [4.78, 5) is 2.39. The molecule has 0 unspecified atom stereocenters. The molecule has 0 amide bonds. The summed E-state index contributed by atoms with van der Waals surface area (Å²) in [5.41, 5.74) is 1.23. The van der Waals surface area contributed by atoms with Gasteiger partial charge in [0.1, 0.15) is 0 Å². The van der Waals surface area contributed by atoms with Crippen molar-refractivity contribution in [2.75, 3.05) is 31.1 Å². The van der Waals surface area contributed by atoms with Crippen LogP contribution in [0.25, 0.3) is 0 Å². The largest absolute Gasteiger partial charge is 0.394 e. The minimum atomic E-state index is -0.0555. The van der Waals surface area contributed by atoms with Crippen LogP contribution in [-0.2, 0) is 0 Å². The number of para-hydroxylation sites is 1. The minimum absolute atomic E-state index is 0.0555. The Kier molecular flexibility index (Phi) is 4.02. The van der Waals surface area contributed by atoms with Crippen molar-refractivity contribution < 1.29 is 5.11 Å². The molecule has 1 aromatic carbocycles. The number of hydrogen-bond donors (Lipinski definition) is 2. The van der Waals surface area contributed by atoms with E-state index in [0.29, 0.717) is 0 Å². The second kappa shape index (κ2) is 5.52. The molecule has 0 aliphatic carbocycles. The summed E-state index contributed by atoms with van der Waals surface area (Å²) in [6.45, 7) is 5.28. The molecule has 17 heavy (non-hydrogen) atoms. The van der Waals surface area contributed by atoms with Gasteiger partial charge in [0.15, 0.2) is 0 Å². The van der Waals surface area contributed by atoms with E-state index in [4.69, 9.17) is 0 Å². The monoisotopic (exact) mass is 234 g/mol. The molecular weight excluding hydrogens is 212 g/mol. The summed E-state index contributed by atoms with van der Waals surface area (Å²) in [7, 11) is 0. The lowest BCUT2D eigenvalue weighted by Crippen LogP contribution is -2.55. The summed E-state index contributed by atoms with van der Waals surface area (Å²) in [5, 5.41) is 13.0. The van der Waals surface area contributed by atoms with Crippen molar-refractivity contribution in [3.63, 3.8) is 0 Å². The van der Waals surface area contributed by atoms with Crippen LogP contribution in [0.15, 0.2) is 30.3 Å². The molecule has 1 saturated heterocycles. The highest BCUT2D eigenvalue weighted by Crippen LogP contribution is 2.25. The SMILES string of the molecule is CCNC1(CO)CCN(c2ccccc2)CC1. The van der Waals surface area contributed by atoms with Gasteiger partial charge in [0, 0.05) is 24.3 Å². The lowest BCUT2D eigenvalue weighted by molar-refractivity contribution is 0.136. The van der Waals surface area contributed by atoms with Gasteiger partial charge in [0.05, 0.1) is 6.61 Å². The molecule has 2 N–H and O–H groups in total. The van der Waals surface area contributed by atoms with Crippen LogP contribution in [0.4, 0.5) is 5.69 Å². The van der Waals surface area contributed by atoms with E-state index in [1.807, 2.05) is 6.07 Å². The number of piperidine rings is 1. The molecule has 1 heterocycles. The fourth-order valence-electron chi connectivity index (χ4n) is 2.60. The Morgan fingerprint density at radius 2 is 1.88 bits per heavy atom. The van der Waals surface area contributed by atoms with Gasteiger partial charge in [-0.05, 0) is 31.5 Å². The van der Waals surface area contributed by atoms with Crippen LogP contribution < -0.4 is 10.2 Å². The van der Waals surface area contributed by atoms with Gasteiger partial charge in [0.2, 0.25) is 0 Å². The van der Waals surface area contributed by atoms with E-state index in [9.17, 15) is 5.11 Å². The molecule has 0 radical (unpaired) electrons. The Morgan fingerprint density at radius 1 is 1.24 bits per heavy atom. The predicted molar refractivity (Wildman–Crippen MR) is 71.4 cm³/mol. The van der Waals surface area contributed by atoms with Crippen LogP contribution in [0, 0.1) is 0 Å². The zero-order valence-electron chi connectivity index (χ0n) is 10.5. The minimum Gasteiger partial charge on any atom is -0.394 e. The van der Waals surface area contributed by atoms with Crippen LogP contribution >= 0.6 is 0 Å². The summed E-state index contributed by atoms with van der Waals surface area (Å²) >= 11 is 0. The van der Waals surface area contributed by atoms with Crippen molar-refractivity contribution in [2.24, 2.45) is 0 Å². The highest BCUT2D eigenvalue weighted by Gasteiger charge is 2.32. The first-order chi connectivity index (χ1) is 8.29. The number of aliphatic hydroxyl groups excluding tert-OH is 1. The lowest BCUT2D eigenvalue weighted by atomic mass is 9.88. The molecule has 0 spiro atoms. The maximum Gasteiger partial charge on any atom is 0.0614 e. The Hall–Kier alpha value is -1.06. The number of likely N-dealkylation sites (N-methyl/N-ethyl adjacent to an activating group) is 1. The van der Waals surface area contributed by atoms with Crippen LogP contribution in [0.1, 0.15) is 19.8 Å². The molecule has 0 saturated carbocycles. The normalized spacial score (nSPS) is 19.3. The third-order valence-electron chi connectivity index (χ3n) is 3.70. The fraction of sp³-hybridized carbons (Fsp3) is 0.571. The number of rotatable bonds is 4. The van der Waals surface area contributed by atoms with Crippen LogP contribution in [0.5, 0.6) is 0 Å². The smallest absolute Gasteiger partial charge is 0.0614 e. The first-order valence-electron chi connectivity index (χ1n) is 6.45.